The van der Waals surface area contributed by atoms with Crippen molar-refractivity contribution in [1.29, 1.82) is 5.26 Å². The average molecular weight is 289 g/mol. The molecule has 0 radical (unpaired) electrons. The van der Waals surface area contributed by atoms with Gasteiger partial charge in [-0.25, -0.2) is 0 Å². The molecule has 1 rings (SSSR count). The minimum atomic E-state index is -0.0164. The number of anilines is 1. The molecule has 1 aromatic carbocycles. The monoisotopic (exact) mass is 289 g/mol. The number of carbonyl (C=O) groups is 1. The van der Waals surface area contributed by atoms with Crippen LogP contribution in [0.2, 0.25) is 0 Å². The maximum atomic E-state index is 11.8. The van der Waals surface area contributed by atoms with Gasteiger partial charge in [-0.15, -0.1) is 0 Å². The molecule has 1 unspecified atom stereocenters. The van der Waals surface area contributed by atoms with Gasteiger partial charge in [0.15, 0.2) is 0 Å². The van der Waals surface area contributed by atoms with Crippen molar-refractivity contribution in [2.75, 3.05) is 11.9 Å². The van der Waals surface area contributed by atoms with Crippen LogP contribution < -0.4 is 15.8 Å². The standard InChI is InChI=1S/C16H23N3O2/c1-13(18)6-4-9-16(20)19-14-7-5-8-15(12-14)21-11-3-2-10-17/h5,7-8,12-13H,2-4,6,9,11,18H2,1H3,(H,19,20). The maximum Gasteiger partial charge on any atom is 0.224 e. The number of carbonyl (C=O) groups excluding carboxylic acids is 1. The van der Waals surface area contributed by atoms with Crippen LogP contribution in [0, 0.1) is 11.3 Å². The van der Waals surface area contributed by atoms with Gasteiger partial charge in [-0.3, -0.25) is 4.79 Å². The van der Waals surface area contributed by atoms with Crippen molar-refractivity contribution in [2.45, 2.75) is 45.1 Å². The Hall–Kier alpha value is -2.06. The number of ether oxygens (including phenoxy) is 1. The van der Waals surface area contributed by atoms with Gasteiger partial charge in [-0.1, -0.05) is 6.07 Å². The lowest BCUT2D eigenvalue weighted by Gasteiger charge is -2.09. The van der Waals surface area contributed by atoms with Gasteiger partial charge >= 0.3 is 0 Å². The number of rotatable bonds is 9. The number of nitrogens with one attached hydrogen (secondary N) is 1. The van der Waals surface area contributed by atoms with E-state index in [1.165, 1.54) is 0 Å². The summed E-state index contributed by atoms with van der Waals surface area (Å²) in [5.41, 5.74) is 6.37. The SMILES string of the molecule is CC(N)CCCC(=O)Nc1cccc(OCCCC#N)c1. The van der Waals surface area contributed by atoms with E-state index in [1.807, 2.05) is 25.1 Å². The van der Waals surface area contributed by atoms with Crippen LogP contribution >= 0.6 is 0 Å². The van der Waals surface area contributed by atoms with Gasteiger partial charge in [0.1, 0.15) is 5.75 Å². The van der Waals surface area contributed by atoms with Gasteiger partial charge in [0.25, 0.3) is 0 Å². The number of nitrogens with two attached hydrogens (primary N) is 1. The topological polar surface area (TPSA) is 88.1 Å². The van der Waals surface area contributed by atoms with Crippen molar-refractivity contribution in [1.82, 2.24) is 0 Å². The van der Waals surface area contributed by atoms with E-state index in [2.05, 4.69) is 11.4 Å². The second-order valence-electron chi connectivity index (χ2n) is 5.06. The summed E-state index contributed by atoms with van der Waals surface area (Å²) in [7, 11) is 0. The highest BCUT2D eigenvalue weighted by Gasteiger charge is 2.04. The second kappa shape index (κ2) is 9.78. The quantitative estimate of drug-likeness (QED) is 0.684. The van der Waals surface area contributed by atoms with Crippen LogP contribution in [0.1, 0.15) is 39.0 Å². The van der Waals surface area contributed by atoms with Crippen molar-refractivity contribution in [3.63, 3.8) is 0 Å². The van der Waals surface area contributed by atoms with Crippen LogP contribution in [0.5, 0.6) is 5.75 Å². The normalized spacial score (nSPS) is 11.5. The zero-order valence-corrected chi connectivity index (χ0v) is 12.5. The molecule has 1 atom stereocenters. The molecule has 5 nitrogen and oxygen atoms in total. The van der Waals surface area contributed by atoms with E-state index < -0.39 is 0 Å². The first-order valence-electron chi connectivity index (χ1n) is 7.27. The van der Waals surface area contributed by atoms with Crippen LogP contribution in [0.4, 0.5) is 5.69 Å². The van der Waals surface area contributed by atoms with E-state index in [0.717, 1.165) is 18.5 Å². The number of hydrogen-bond donors (Lipinski definition) is 2. The number of nitrogens with zero attached hydrogens (tertiary/aromatic N) is 1. The van der Waals surface area contributed by atoms with E-state index in [-0.39, 0.29) is 11.9 Å². The van der Waals surface area contributed by atoms with E-state index >= 15 is 0 Å². The molecule has 3 N–H and O–H groups in total. The van der Waals surface area contributed by atoms with Crippen molar-refractivity contribution >= 4 is 11.6 Å². The predicted molar refractivity (Wildman–Crippen MR) is 82.9 cm³/mol. The smallest absolute Gasteiger partial charge is 0.224 e. The Balaban J connectivity index is 2.37. The Kier molecular flexibility index (Phi) is 7.92. The molecule has 1 aromatic rings. The van der Waals surface area contributed by atoms with Gasteiger partial charge in [0.2, 0.25) is 5.91 Å². The fourth-order valence-electron chi connectivity index (χ4n) is 1.81. The van der Waals surface area contributed by atoms with E-state index in [4.69, 9.17) is 15.7 Å². The molecule has 0 aromatic heterocycles. The third-order valence-electron chi connectivity index (χ3n) is 2.88. The molecule has 1 amide bonds. The number of unbranched alkanes of at least 4 members (excludes halogenated alkanes) is 1. The van der Waals surface area contributed by atoms with Gasteiger partial charge in [-0.05, 0) is 38.3 Å². The maximum absolute atomic E-state index is 11.8. The molecule has 0 aliphatic rings. The summed E-state index contributed by atoms with van der Waals surface area (Å²) in [6, 6.07) is 9.48. The minimum absolute atomic E-state index is 0.0164. The third kappa shape index (κ3) is 7.95. The Bertz CT molecular complexity index is 481. The summed E-state index contributed by atoms with van der Waals surface area (Å²) in [6.45, 7) is 2.43. The minimum Gasteiger partial charge on any atom is -0.493 e. The number of amides is 1. The highest BCUT2D eigenvalue weighted by Crippen LogP contribution is 2.18. The molecular formula is C16H23N3O2. The van der Waals surface area contributed by atoms with E-state index in [9.17, 15) is 4.79 Å². The summed E-state index contributed by atoms with van der Waals surface area (Å²) < 4.78 is 5.52. The summed E-state index contributed by atoms with van der Waals surface area (Å²) in [5, 5.41) is 11.3. The molecule has 0 fully saturated rings. The van der Waals surface area contributed by atoms with Crippen LogP contribution in [0.15, 0.2) is 24.3 Å². The van der Waals surface area contributed by atoms with E-state index in [0.29, 0.717) is 31.6 Å². The summed E-state index contributed by atoms with van der Waals surface area (Å²) in [5.74, 6) is 0.679. The molecule has 0 heterocycles. The van der Waals surface area contributed by atoms with Crippen LogP contribution in [-0.4, -0.2) is 18.6 Å². The van der Waals surface area contributed by atoms with Gasteiger partial charge in [0, 0.05) is 30.6 Å². The van der Waals surface area contributed by atoms with Crippen molar-refractivity contribution in [2.24, 2.45) is 5.73 Å². The van der Waals surface area contributed by atoms with Crippen molar-refractivity contribution in [3.8, 4) is 11.8 Å². The third-order valence-corrected chi connectivity index (χ3v) is 2.88. The molecule has 0 saturated heterocycles. The number of nitriles is 1. The fraction of sp³-hybridized carbons (Fsp3) is 0.500. The zero-order chi connectivity index (χ0) is 15.5. The van der Waals surface area contributed by atoms with Gasteiger partial charge < -0.3 is 15.8 Å². The predicted octanol–water partition coefficient (Wildman–Crippen LogP) is 2.83. The molecule has 0 spiro atoms. The number of hydrogen-bond acceptors (Lipinski definition) is 4. The molecule has 21 heavy (non-hydrogen) atoms. The molecule has 0 aliphatic heterocycles. The highest BCUT2D eigenvalue weighted by molar-refractivity contribution is 5.90. The lowest BCUT2D eigenvalue weighted by atomic mass is 10.1. The van der Waals surface area contributed by atoms with Crippen molar-refractivity contribution in [3.05, 3.63) is 24.3 Å². The molecule has 0 bridgehead atoms. The second-order valence-corrected chi connectivity index (χ2v) is 5.06. The van der Waals surface area contributed by atoms with E-state index in [1.54, 1.807) is 6.07 Å². The Morgan fingerprint density at radius 2 is 2.29 bits per heavy atom. The lowest BCUT2D eigenvalue weighted by molar-refractivity contribution is -0.116. The largest absolute Gasteiger partial charge is 0.493 e. The Morgan fingerprint density at radius 3 is 3.00 bits per heavy atom. The lowest BCUT2D eigenvalue weighted by Crippen LogP contribution is -2.16. The first-order chi connectivity index (χ1) is 10.1. The fourth-order valence-corrected chi connectivity index (χ4v) is 1.81. The first-order valence-corrected chi connectivity index (χ1v) is 7.27. The van der Waals surface area contributed by atoms with Crippen LogP contribution in [-0.2, 0) is 4.79 Å². The van der Waals surface area contributed by atoms with Crippen molar-refractivity contribution < 1.29 is 9.53 Å². The first kappa shape index (κ1) is 17.0. The number of benzene rings is 1. The van der Waals surface area contributed by atoms with Gasteiger partial charge in [0.05, 0.1) is 12.7 Å². The van der Waals surface area contributed by atoms with Crippen LogP contribution in [0.25, 0.3) is 0 Å². The highest BCUT2D eigenvalue weighted by atomic mass is 16.5. The summed E-state index contributed by atoms with van der Waals surface area (Å²) in [4.78, 5) is 11.8. The molecule has 114 valence electrons. The Labute approximate surface area is 126 Å². The summed E-state index contributed by atoms with van der Waals surface area (Å²) >= 11 is 0. The molecule has 5 heteroatoms. The zero-order valence-electron chi connectivity index (χ0n) is 12.5. The molecule has 0 aliphatic carbocycles. The Morgan fingerprint density at radius 1 is 1.48 bits per heavy atom. The van der Waals surface area contributed by atoms with Gasteiger partial charge in [-0.2, -0.15) is 5.26 Å². The van der Waals surface area contributed by atoms with Crippen LogP contribution in [0.3, 0.4) is 0 Å². The average Bonchev–Trinajstić information content (AvgIpc) is 2.43. The molecule has 0 saturated carbocycles. The molecular weight excluding hydrogens is 266 g/mol. The summed E-state index contributed by atoms with van der Waals surface area (Å²) in [6.07, 6.45) is 3.28.